The van der Waals surface area contributed by atoms with E-state index in [1.54, 1.807) is 36.7 Å². The van der Waals surface area contributed by atoms with Crippen molar-refractivity contribution in [2.24, 2.45) is 7.05 Å². The molecule has 0 atom stereocenters. The highest BCUT2D eigenvalue weighted by atomic mass is 35.5. The van der Waals surface area contributed by atoms with Crippen molar-refractivity contribution >= 4 is 40.5 Å². The summed E-state index contributed by atoms with van der Waals surface area (Å²) in [6.07, 6.45) is 0. The van der Waals surface area contributed by atoms with E-state index in [-0.39, 0.29) is 17.1 Å². The number of nitrogens with zero attached hydrogens (tertiary/aromatic N) is 5. The van der Waals surface area contributed by atoms with Crippen LogP contribution in [-0.4, -0.2) is 30.4 Å². The SMILES string of the molecule is Cc1nn(Cc2ccc(Cl)cc2Cl)c(C)c1NC(=O)c1c([N+](=O)[O-])c(C)nn1C. The number of benzene rings is 1. The predicted octanol–water partition coefficient (Wildman–Crippen LogP) is 4.06. The third kappa shape index (κ3) is 3.96. The van der Waals surface area contributed by atoms with Gasteiger partial charge in [-0.15, -0.1) is 0 Å². The minimum Gasteiger partial charge on any atom is -0.317 e. The third-order valence-electron chi connectivity index (χ3n) is 4.54. The summed E-state index contributed by atoms with van der Waals surface area (Å²) in [5.41, 5.74) is 2.28. The number of aryl methyl sites for hydroxylation is 3. The minimum absolute atomic E-state index is 0.125. The first-order valence-electron chi connectivity index (χ1n) is 8.57. The van der Waals surface area contributed by atoms with Gasteiger partial charge in [0.25, 0.3) is 5.91 Å². The zero-order chi connectivity index (χ0) is 21.5. The molecule has 1 N–H and O–H groups in total. The van der Waals surface area contributed by atoms with E-state index < -0.39 is 10.8 Å². The van der Waals surface area contributed by atoms with Crippen LogP contribution in [0.2, 0.25) is 10.0 Å². The maximum atomic E-state index is 12.8. The van der Waals surface area contributed by atoms with E-state index >= 15 is 0 Å². The highest BCUT2D eigenvalue weighted by Gasteiger charge is 2.30. The fourth-order valence-electron chi connectivity index (χ4n) is 3.14. The van der Waals surface area contributed by atoms with Gasteiger partial charge < -0.3 is 5.32 Å². The second kappa shape index (κ2) is 7.84. The van der Waals surface area contributed by atoms with Crippen LogP contribution in [0.25, 0.3) is 0 Å². The summed E-state index contributed by atoms with van der Waals surface area (Å²) in [7, 11) is 1.49. The number of aromatic nitrogens is 4. The van der Waals surface area contributed by atoms with E-state index in [1.807, 2.05) is 0 Å². The first-order chi connectivity index (χ1) is 13.6. The van der Waals surface area contributed by atoms with E-state index in [2.05, 4.69) is 15.5 Å². The van der Waals surface area contributed by atoms with Crippen molar-refractivity contribution in [2.45, 2.75) is 27.3 Å². The highest BCUT2D eigenvalue weighted by Crippen LogP contribution is 2.27. The van der Waals surface area contributed by atoms with E-state index in [0.29, 0.717) is 33.7 Å². The lowest BCUT2D eigenvalue weighted by Crippen LogP contribution is -2.18. The smallest absolute Gasteiger partial charge is 0.317 e. The zero-order valence-corrected chi connectivity index (χ0v) is 17.7. The highest BCUT2D eigenvalue weighted by molar-refractivity contribution is 6.35. The van der Waals surface area contributed by atoms with E-state index in [9.17, 15) is 14.9 Å². The maximum Gasteiger partial charge on any atom is 0.322 e. The second-order valence-electron chi connectivity index (χ2n) is 6.56. The lowest BCUT2D eigenvalue weighted by molar-refractivity contribution is -0.385. The van der Waals surface area contributed by atoms with E-state index in [0.717, 1.165) is 5.56 Å². The van der Waals surface area contributed by atoms with Crippen molar-refractivity contribution in [1.29, 1.82) is 0 Å². The van der Waals surface area contributed by atoms with Crippen LogP contribution in [0.1, 0.15) is 33.1 Å². The number of anilines is 1. The van der Waals surface area contributed by atoms with Crippen molar-refractivity contribution in [3.63, 3.8) is 0 Å². The number of carbonyl (C=O) groups excluding carboxylic acids is 1. The molecule has 1 amide bonds. The molecule has 0 fully saturated rings. The van der Waals surface area contributed by atoms with Gasteiger partial charge in [-0.25, -0.2) is 0 Å². The molecule has 0 radical (unpaired) electrons. The molecule has 11 heteroatoms. The van der Waals surface area contributed by atoms with Gasteiger partial charge in [0.1, 0.15) is 5.69 Å². The van der Waals surface area contributed by atoms with Crippen LogP contribution in [-0.2, 0) is 13.6 Å². The molecular weight excluding hydrogens is 419 g/mol. The van der Waals surface area contributed by atoms with Gasteiger partial charge in [-0.3, -0.25) is 24.3 Å². The number of nitrogens with one attached hydrogen (secondary N) is 1. The average Bonchev–Trinajstić information content (AvgIpc) is 3.07. The number of carbonyl (C=O) groups is 1. The summed E-state index contributed by atoms with van der Waals surface area (Å²) in [5.74, 6) is -0.630. The molecule has 0 unspecified atom stereocenters. The van der Waals surface area contributed by atoms with Gasteiger partial charge >= 0.3 is 5.69 Å². The molecule has 0 aliphatic carbocycles. The van der Waals surface area contributed by atoms with Crippen molar-refractivity contribution in [1.82, 2.24) is 19.6 Å². The largest absolute Gasteiger partial charge is 0.322 e. The molecule has 152 valence electrons. The van der Waals surface area contributed by atoms with Gasteiger partial charge in [0, 0.05) is 17.1 Å². The van der Waals surface area contributed by atoms with Crippen molar-refractivity contribution in [3.8, 4) is 0 Å². The third-order valence-corrected chi connectivity index (χ3v) is 5.13. The molecule has 0 saturated heterocycles. The predicted molar refractivity (Wildman–Crippen MR) is 110 cm³/mol. The summed E-state index contributed by atoms with van der Waals surface area (Å²) in [6, 6.07) is 5.19. The Kier molecular flexibility index (Phi) is 5.63. The lowest BCUT2D eigenvalue weighted by atomic mass is 10.2. The first-order valence-corrected chi connectivity index (χ1v) is 9.33. The lowest BCUT2D eigenvalue weighted by Gasteiger charge is -2.09. The number of hydrogen-bond acceptors (Lipinski definition) is 5. The Bertz CT molecular complexity index is 1140. The molecule has 1 aromatic carbocycles. The van der Waals surface area contributed by atoms with Crippen molar-refractivity contribution < 1.29 is 9.72 Å². The molecule has 0 spiro atoms. The maximum absolute atomic E-state index is 12.8. The first kappa shape index (κ1) is 20.8. The van der Waals surface area contributed by atoms with Crippen LogP contribution in [0.5, 0.6) is 0 Å². The molecule has 3 rings (SSSR count). The van der Waals surface area contributed by atoms with Crippen LogP contribution in [0, 0.1) is 30.9 Å². The Balaban J connectivity index is 1.92. The van der Waals surface area contributed by atoms with Crippen LogP contribution < -0.4 is 5.32 Å². The number of amides is 1. The molecule has 9 nitrogen and oxygen atoms in total. The molecule has 2 heterocycles. The summed E-state index contributed by atoms with van der Waals surface area (Å²) in [5, 5.41) is 23.6. The minimum atomic E-state index is -0.630. The van der Waals surface area contributed by atoms with Gasteiger partial charge in [0.2, 0.25) is 5.69 Å². The standard InChI is InChI=1S/C18H18Cl2N6O3/c1-9-15(21-18(27)17-16(26(28)29)10(2)22-24(17)4)11(3)25(23-9)8-12-5-6-13(19)7-14(12)20/h5-7H,8H2,1-4H3,(H,21,27). The summed E-state index contributed by atoms with van der Waals surface area (Å²) >= 11 is 12.2. The fraction of sp³-hybridized carbons (Fsp3) is 0.278. The molecule has 29 heavy (non-hydrogen) atoms. The van der Waals surface area contributed by atoms with Crippen molar-refractivity contribution in [2.75, 3.05) is 5.32 Å². The molecular formula is C18H18Cl2N6O3. The van der Waals surface area contributed by atoms with Crippen LogP contribution in [0.3, 0.4) is 0 Å². The Hall–Kier alpha value is -2.91. The normalized spacial score (nSPS) is 11.0. The molecule has 0 aliphatic rings. The van der Waals surface area contributed by atoms with Gasteiger partial charge in [-0.2, -0.15) is 10.2 Å². The molecule has 3 aromatic rings. The number of hydrogen-bond donors (Lipinski definition) is 1. The van der Waals surface area contributed by atoms with Crippen molar-refractivity contribution in [3.05, 3.63) is 66.7 Å². The summed E-state index contributed by atoms with van der Waals surface area (Å²) in [6.45, 7) is 5.40. The molecule has 0 bridgehead atoms. The Morgan fingerprint density at radius 1 is 1.21 bits per heavy atom. The number of nitro groups is 1. The molecule has 0 saturated carbocycles. The number of rotatable bonds is 5. The van der Waals surface area contributed by atoms with E-state index in [4.69, 9.17) is 23.2 Å². The monoisotopic (exact) mass is 436 g/mol. The second-order valence-corrected chi connectivity index (χ2v) is 7.40. The van der Waals surface area contributed by atoms with Gasteiger partial charge in [-0.05, 0) is 38.5 Å². The van der Waals surface area contributed by atoms with Crippen LogP contribution in [0.4, 0.5) is 11.4 Å². The fourth-order valence-corrected chi connectivity index (χ4v) is 3.60. The van der Waals surface area contributed by atoms with Gasteiger partial charge in [0.15, 0.2) is 0 Å². The number of halogens is 2. The van der Waals surface area contributed by atoms with Crippen LogP contribution in [0.15, 0.2) is 18.2 Å². The quantitative estimate of drug-likeness (QED) is 0.479. The average molecular weight is 437 g/mol. The van der Waals surface area contributed by atoms with E-state index in [1.165, 1.54) is 18.7 Å². The Morgan fingerprint density at radius 2 is 1.90 bits per heavy atom. The molecule has 2 aromatic heterocycles. The van der Waals surface area contributed by atoms with Gasteiger partial charge in [-0.1, -0.05) is 29.3 Å². The summed E-state index contributed by atoms with van der Waals surface area (Å²) in [4.78, 5) is 23.5. The topological polar surface area (TPSA) is 108 Å². The zero-order valence-electron chi connectivity index (χ0n) is 16.2. The molecule has 0 aliphatic heterocycles. The van der Waals surface area contributed by atoms with Crippen LogP contribution >= 0.6 is 23.2 Å². The summed E-state index contributed by atoms with van der Waals surface area (Å²) < 4.78 is 2.90. The Labute approximate surface area is 176 Å². The van der Waals surface area contributed by atoms with Gasteiger partial charge in [0.05, 0.1) is 28.5 Å². The Morgan fingerprint density at radius 3 is 2.52 bits per heavy atom.